The van der Waals surface area contributed by atoms with Crippen molar-refractivity contribution in [1.29, 1.82) is 0 Å². The lowest BCUT2D eigenvalue weighted by molar-refractivity contribution is 0.473. The zero-order valence-corrected chi connectivity index (χ0v) is 12.3. The molecule has 3 heteroatoms. The maximum atomic E-state index is 13.6. The van der Waals surface area contributed by atoms with E-state index < -0.39 is 0 Å². The van der Waals surface area contributed by atoms with Gasteiger partial charge in [0.25, 0.3) is 0 Å². The van der Waals surface area contributed by atoms with Crippen molar-refractivity contribution in [1.82, 2.24) is 10.3 Å². The third-order valence-electron chi connectivity index (χ3n) is 3.62. The fourth-order valence-electron chi connectivity index (χ4n) is 2.43. The van der Waals surface area contributed by atoms with E-state index in [0.717, 1.165) is 18.4 Å². The molecule has 0 aliphatic carbocycles. The second-order valence-electron chi connectivity index (χ2n) is 5.15. The summed E-state index contributed by atoms with van der Waals surface area (Å²) in [6, 6.07) is 1.89. The van der Waals surface area contributed by atoms with E-state index in [1.54, 1.807) is 12.3 Å². The van der Waals surface area contributed by atoms with Gasteiger partial charge in [0.1, 0.15) is 5.82 Å². The van der Waals surface area contributed by atoms with Gasteiger partial charge in [-0.25, -0.2) is 4.39 Å². The fraction of sp³-hybridized carbons (Fsp3) is 0.688. The summed E-state index contributed by atoms with van der Waals surface area (Å²) in [5.74, 6) is -0.204. The van der Waals surface area contributed by atoms with Crippen LogP contribution in [0.15, 0.2) is 18.5 Å². The maximum Gasteiger partial charge on any atom is 0.146 e. The van der Waals surface area contributed by atoms with Gasteiger partial charge in [-0.1, -0.05) is 51.9 Å². The smallest absolute Gasteiger partial charge is 0.146 e. The standard InChI is InChI=1S/C16H27FN2/c1-3-4-5-6-7-8-9-10-16(18-2)14-11-12-19-13-15(14)17/h11-13,16,18H,3-10H2,1-2H3. The van der Waals surface area contributed by atoms with Gasteiger partial charge in [-0.3, -0.25) is 4.98 Å². The van der Waals surface area contributed by atoms with Gasteiger partial charge in [0.15, 0.2) is 0 Å². The lowest BCUT2D eigenvalue weighted by atomic mass is 10.00. The number of aromatic nitrogens is 1. The number of rotatable bonds is 10. The maximum absolute atomic E-state index is 13.6. The first kappa shape index (κ1) is 16.1. The quantitative estimate of drug-likeness (QED) is 0.625. The van der Waals surface area contributed by atoms with E-state index in [9.17, 15) is 4.39 Å². The predicted octanol–water partition coefficient (Wildman–Crippen LogP) is 4.62. The number of unbranched alkanes of at least 4 members (excludes halogenated alkanes) is 6. The van der Waals surface area contributed by atoms with E-state index >= 15 is 0 Å². The molecule has 0 aliphatic rings. The summed E-state index contributed by atoms with van der Waals surface area (Å²) < 4.78 is 13.6. The summed E-state index contributed by atoms with van der Waals surface area (Å²) in [5, 5.41) is 3.20. The van der Waals surface area contributed by atoms with Crippen molar-refractivity contribution in [3.63, 3.8) is 0 Å². The van der Waals surface area contributed by atoms with Crippen molar-refractivity contribution in [2.75, 3.05) is 7.05 Å². The normalized spacial score (nSPS) is 12.6. The Kier molecular flexibility index (Phi) is 8.39. The van der Waals surface area contributed by atoms with Crippen molar-refractivity contribution >= 4 is 0 Å². The molecule has 108 valence electrons. The van der Waals surface area contributed by atoms with Crippen LogP contribution >= 0.6 is 0 Å². The van der Waals surface area contributed by atoms with E-state index in [4.69, 9.17) is 0 Å². The highest BCUT2D eigenvalue weighted by Crippen LogP contribution is 2.21. The van der Waals surface area contributed by atoms with Crippen molar-refractivity contribution in [2.45, 2.75) is 64.3 Å². The Morgan fingerprint density at radius 3 is 2.47 bits per heavy atom. The average molecular weight is 266 g/mol. The minimum atomic E-state index is -0.204. The first-order valence-corrected chi connectivity index (χ1v) is 7.56. The molecule has 0 fully saturated rings. The van der Waals surface area contributed by atoms with Gasteiger partial charge < -0.3 is 5.32 Å². The van der Waals surface area contributed by atoms with E-state index in [1.807, 2.05) is 7.05 Å². The molecule has 0 aromatic carbocycles. The van der Waals surface area contributed by atoms with Crippen LogP contribution in [0, 0.1) is 5.82 Å². The minimum absolute atomic E-state index is 0.110. The van der Waals surface area contributed by atoms with Gasteiger partial charge >= 0.3 is 0 Å². The second-order valence-corrected chi connectivity index (χ2v) is 5.15. The van der Waals surface area contributed by atoms with Gasteiger partial charge in [-0.15, -0.1) is 0 Å². The number of hydrogen-bond donors (Lipinski definition) is 1. The summed E-state index contributed by atoms with van der Waals surface area (Å²) in [5.41, 5.74) is 0.739. The van der Waals surface area contributed by atoms with Gasteiger partial charge in [0.2, 0.25) is 0 Å². The van der Waals surface area contributed by atoms with Crippen LogP contribution in [0.2, 0.25) is 0 Å². The number of halogens is 1. The van der Waals surface area contributed by atoms with Crippen molar-refractivity contribution < 1.29 is 4.39 Å². The Labute approximate surface area is 116 Å². The monoisotopic (exact) mass is 266 g/mol. The van der Waals surface area contributed by atoms with Crippen LogP contribution in [0.4, 0.5) is 4.39 Å². The molecule has 1 heterocycles. The lowest BCUT2D eigenvalue weighted by Gasteiger charge is -2.16. The highest BCUT2D eigenvalue weighted by molar-refractivity contribution is 5.17. The molecule has 1 aromatic rings. The largest absolute Gasteiger partial charge is 0.313 e. The molecule has 0 amide bonds. The van der Waals surface area contributed by atoms with E-state index in [-0.39, 0.29) is 11.9 Å². The average Bonchev–Trinajstić information content (AvgIpc) is 2.43. The number of pyridine rings is 1. The first-order valence-electron chi connectivity index (χ1n) is 7.56. The molecule has 0 saturated heterocycles. The SMILES string of the molecule is CCCCCCCCCC(NC)c1ccncc1F. The molecule has 1 unspecified atom stereocenters. The second kappa shape index (κ2) is 9.90. The molecule has 0 spiro atoms. The molecular weight excluding hydrogens is 239 g/mol. The molecule has 0 radical (unpaired) electrons. The van der Waals surface area contributed by atoms with Crippen molar-refractivity contribution in [3.8, 4) is 0 Å². The first-order chi connectivity index (χ1) is 9.29. The number of nitrogens with one attached hydrogen (secondary N) is 1. The summed E-state index contributed by atoms with van der Waals surface area (Å²) >= 11 is 0. The summed E-state index contributed by atoms with van der Waals surface area (Å²) in [6.07, 6.45) is 13.0. The molecule has 0 aliphatic heterocycles. The van der Waals surface area contributed by atoms with Crippen LogP contribution in [-0.2, 0) is 0 Å². The molecule has 1 aromatic heterocycles. The van der Waals surface area contributed by atoms with Crippen LogP contribution in [0.1, 0.15) is 69.9 Å². The van der Waals surface area contributed by atoms with Crippen LogP contribution in [0.5, 0.6) is 0 Å². The van der Waals surface area contributed by atoms with Crippen LogP contribution in [-0.4, -0.2) is 12.0 Å². The molecule has 1 rings (SSSR count). The molecule has 1 N–H and O–H groups in total. The fourth-order valence-corrected chi connectivity index (χ4v) is 2.43. The molecule has 19 heavy (non-hydrogen) atoms. The third-order valence-corrected chi connectivity index (χ3v) is 3.62. The molecular formula is C16H27FN2. The van der Waals surface area contributed by atoms with Crippen molar-refractivity contribution in [2.24, 2.45) is 0 Å². The van der Waals surface area contributed by atoms with Gasteiger partial charge in [-0.2, -0.15) is 0 Å². The Balaban J connectivity index is 2.24. The van der Waals surface area contributed by atoms with Gasteiger partial charge in [-0.05, 0) is 19.5 Å². The lowest BCUT2D eigenvalue weighted by Crippen LogP contribution is -2.17. The minimum Gasteiger partial charge on any atom is -0.313 e. The highest BCUT2D eigenvalue weighted by atomic mass is 19.1. The summed E-state index contributed by atoms with van der Waals surface area (Å²) in [4.78, 5) is 3.80. The zero-order valence-electron chi connectivity index (χ0n) is 12.3. The third kappa shape index (κ3) is 6.15. The predicted molar refractivity (Wildman–Crippen MR) is 78.6 cm³/mol. The Bertz CT molecular complexity index is 341. The molecule has 0 bridgehead atoms. The van der Waals surface area contributed by atoms with Crippen molar-refractivity contribution in [3.05, 3.63) is 29.8 Å². The van der Waals surface area contributed by atoms with Gasteiger partial charge in [0, 0.05) is 17.8 Å². The topological polar surface area (TPSA) is 24.9 Å². The molecule has 2 nitrogen and oxygen atoms in total. The van der Waals surface area contributed by atoms with Crippen LogP contribution in [0.3, 0.4) is 0 Å². The van der Waals surface area contributed by atoms with E-state index in [2.05, 4.69) is 17.2 Å². The Morgan fingerprint density at radius 1 is 1.16 bits per heavy atom. The van der Waals surface area contributed by atoms with E-state index in [1.165, 1.54) is 44.7 Å². The Hall–Kier alpha value is -0.960. The highest BCUT2D eigenvalue weighted by Gasteiger charge is 2.12. The zero-order chi connectivity index (χ0) is 13.9. The van der Waals surface area contributed by atoms with Crippen LogP contribution < -0.4 is 5.32 Å². The number of hydrogen-bond acceptors (Lipinski definition) is 2. The van der Waals surface area contributed by atoms with Crippen LogP contribution in [0.25, 0.3) is 0 Å². The Morgan fingerprint density at radius 2 is 1.84 bits per heavy atom. The molecule has 0 saturated carbocycles. The number of nitrogens with zero attached hydrogens (tertiary/aromatic N) is 1. The summed E-state index contributed by atoms with van der Waals surface area (Å²) in [6.45, 7) is 2.24. The van der Waals surface area contributed by atoms with E-state index in [0.29, 0.717) is 0 Å². The van der Waals surface area contributed by atoms with Gasteiger partial charge in [0.05, 0.1) is 6.20 Å². The summed E-state index contributed by atoms with van der Waals surface area (Å²) in [7, 11) is 1.89. The molecule has 1 atom stereocenters.